The Morgan fingerprint density at radius 2 is 1.74 bits per heavy atom. The van der Waals surface area contributed by atoms with E-state index in [-0.39, 0.29) is 11.4 Å². The van der Waals surface area contributed by atoms with Gasteiger partial charge in [0.25, 0.3) is 16.7 Å². The first-order chi connectivity index (χ1) is 16.7. The minimum atomic E-state index is -0.170. The predicted molar refractivity (Wildman–Crippen MR) is 127 cm³/mol. The number of hydrogen-bond donors (Lipinski definition) is 0. The van der Waals surface area contributed by atoms with Crippen molar-refractivity contribution < 1.29 is 4.42 Å². The first-order valence-corrected chi connectivity index (χ1v) is 12.0. The van der Waals surface area contributed by atoms with Crippen molar-refractivity contribution in [1.29, 1.82) is 0 Å². The molecule has 2 aromatic carbocycles. The van der Waals surface area contributed by atoms with Crippen molar-refractivity contribution >= 4 is 22.5 Å². The first-order valence-electron chi connectivity index (χ1n) is 11.0. The van der Waals surface area contributed by atoms with Crippen molar-refractivity contribution in [3.8, 4) is 11.6 Å². The van der Waals surface area contributed by atoms with Crippen LogP contribution in [0.1, 0.15) is 31.2 Å². The Morgan fingerprint density at radius 1 is 0.941 bits per heavy atom. The second kappa shape index (κ2) is 9.96. The molecule has 5 rings (SSSR count). The third-order valence-electron chi connectivity index (χ3n) is 5.31. The maximum Gasteiger partial charge on any atom is 0.277 e. The minimum Gasteiger partial charge on any atom is -0.409 e. The van der Waals surface area contributed by atoms with E-state index in [0.29, 0.717) is 34.0 Å². The number of benzene rings is 2. The van der Waals surface area contributed by atoms with Gasteiger partial charge < -0.3 is 4.42 Å². The molecule has 0 fully saturated rings. The van der Waals surface area contributed by atoms with Gasteiger partial charge in [-0.2, -0.15) is 5.10 Å². The summed E-state index contributed by atoms with van der Waals surface area (Å²) in [5, 5.41) is 26.5. The lowest BCUT2D eigenvalue weighted by molar-refractivity contribution is 0.462. The van der Waals surface area contributed by atoms with E-state index in [0.717, 1.165) is 30.8 Å². The van der Waals surface area contributed by atoms with E-state index in [2.05, 4.69) is 37.7 Å². The van der Waals surface area contributed by atoms with Crippen LogP contribution in [-0.2, 0) is 18.8 Å². The second-order valence-corrected chi connectivity index (χ2v) is 8.60. The zero-order chi connectivity index (χ0) is 23.3. The fraction of sp³-hybridized carbons (Fsp3) is 0.261. The average molecular weight is 475 g/mol. The van der Waals surface area contributed by atoms with Crippen LogP contribution in [-0.4, -0.2) is 40.2 Å². The van der Waals surface area contributed by atoms with Gasteiger partial charge in [-0.05, 0) is 28.5 Å². The van der Waals surface area contributed by atoms with Gasteiger partial charge in [0.2, 0.25) is 0 Å². The van der Waals surface area contributed by atoms with E-state index >= 15 is 0 Å². The summed E-state index contributed by atoms with van der Waals surface area (Å²) in [6, 6.07) is 17.0. The molecule has 0 saturated heterocycles. The van der Waals surface area contributed by atoms with Gasteiger partial charge >= 0.3 is 0 Å². The SMILES string of the molecule is CCCCn1nnnc1CSc1nnc(-c2nn(Cc3ccccc3)c(=O)c3ccccc23)o1. The van der Waals surface area contributed by atoms with Crippen LogP contribution in [0.2, 0.25) is 0 Å². The number of fused-ring (bicyclic) bond motifs is 1. The molecule has 172 valence electrons. The van der Waals surface area contributed by atoms with Gasteiger partial charge in [0, 0.05) is 11.9 Å². The molecule has 0 radical (unpaired) electrons. The number of thioether (sulfide) groups is 1. The van der Waals surface area contributed by atoms with Gasteiger partial charge in [0.15, 0.2) is 11.5 Å². The van der Waals surface area contributed by atoms with E-state index in [1.165, 1.54) is 16.4 Å². The molecule has 10 nitrogen and oxygen atoms in total. The van der Waals surface area contributed by atoms with Crippen LogP contribution >= 0.6 is 11.8 Å². The molecule has 11 heteroatoms. The third-order valence-corrected chi connectivity index (χ3v) is 6.12. The standard InChI is InChI=1S/C23H22N8O2S/c1-2-3-13-30-19(24-28-29-30)15-34-23-26-25-21(33-23)20-17-11-7-8-12-18(17)22(32)31(27-20)14-16-9-5-4-6-10-16/h4-12H,2-3,13-15H2,1H3. The summed E-state index contributed by atoms with van der Waals surface area (Å²) in [6.07, 6.45) is 2.07. The Hall–Kier alpha value is -3.86. The predicted octanol–water partition coefficient (Wildman–Crippen LogP) is 3.57. The van der Waals surface area contributed by atoms with Gasteiger partial charge in [-0.3, -0.25) is 4.79 Å². The molecule has 0 aliphatic heterocycles. The highest BCUT2D eigenvalue weighted by Gasteiger charge is 2.18. The largest absolute Gasteiger partial charge is 0.409 e. The Balaban J connectivity index is 1.44. The third kappa shape index (κ3) is 4.60. The molecule has 5 aromatic rings. The highest BCUT2D eigenvalue weighted by Crippen LogP contribution is 2.27. The molecular formula is C23H22N8O2S. The van der Waals surface area contributed by atoms with Crippen molar-refractivity contribution in [3.63, 3.8) is 0 Å². The minimum absolute atomic E-state index is 0.170. The summed E-state index contributed by atoms with van der Waals surface area (Å²) in [6.45, 7) is 3.24. The van der Waals surface area contributed by atoms with Crippen LogP contribution in [0.25, 0.3) is 22.4 Å². The highest BCUT2D eigenvalue weighted by atomic mass is 32.2. The number of tetrazole rings is 1. The van der Waals surface area contributed by atoms with E-state index in [1.54, 1.807) is 10.7 Å². The fourth-order valence-corrected chi connectivity index (χ4v) is 4.25. The van der Waals surface area contributed by atoms with Crippen LogP contribution < -0.4 is 5.56 Å². The molecule has 0 N–H and O–H groups in total. The van der Waals surface area contributed by atoms with Crippen LogP contribution in [0.3, 0.4) is 0 Å². The maximum atomic E-state index is 13.1. The number of rotatable bonds is 9. The number of hydrogen-bond acceptors (Lipinski definition) is 9. The molecule has 0 atom stereocenters. The smallest absolute Gasteiger partial charge is 0.277 e. The number of nitrogens with zero attached hydrogens (tertiary/aromatic N) is 8. The Morgan fingerprint density at radius 3 is 2.56 bits per heavy atom. The van der Waals surface area contributed by atoms with Gasteiger partial charge in [0.1, 0.15) is 0 Å². The monoisotopic (exact) mass is 474 g/mol. The Bertz CT molecular complexity index is 1460. The van der Waals surface area contributed by atoms with Crippen molar-refractivity contribution in [2.75, 3.05) is 0 Å². The normalized spacial score (nSPS) is 11.3. The molecule has 0 bridgehead atoms. The molecule has 0 spiro atoms. The van der Waals surface area contributed by atoms with E-state index < -0.39 is 0 Å². The quantitative estimate of drug-likeness (QED) is 0.295. The van der Waals surface area contributed by atoms with Crippen molar-refractivity contribution in [3.05, 3.63) is 76.3 Å². The van der Waals surface area contributed by atoms with E-state index in [9.17, 15) is 4.79 Å². The summed E-state index contributed by atoms with van der Waals surface area (Å²) < 4.78 is 9.16. The lowest BCUT2D eigenvalue weighted by Crippen LogP contribution is -2.24. The lowest BCUT2D eigenvalue weighted by atomic mass is 10.1. The fourth-order valence-electron chi connectivity index (χ4n) is 3.55. The zero-order valence-electron chi connectivity index (χ0n) is 18.5. The molecule has 0 saturated carbocycles. The Labute approximate surface area is 199 Å². The molecule has 0 amide bonds. The molecule has 34 heavy (non-hydrogen) atoms. The number of aryl methyl sites for hydroxylation is 1. The maximum absolute atomic E-state index is 13.1. The molecular weight excluding hydrogens is 452 g/mol. The molecule has 0 unspecified atom stereocenters. The average Bonchev–Trinajstić information content (AvgIpc) is 3.53. The molecule has 3 aromatic heterocycles. The van der Waals surface area contributed by atoms with Gasteiger partial charge in [-0.1, -0.05) is 73.6 Å². The van der Waals surface area contributed by atoms with Gasteiger partial charge in [-0.15, -0.1) is 15.3 Å². The Kier molecular flexibility index (Phi) is 6.43. The van der Waals surface area contributed by atoms with Crippen LogP contribution in [0.5, 0.6) is 0 Å². The van der Waals surface area contributed by atoms with Crippen molar-refractivity contribution in [1.82, 2.24) is 40.2 Å². The van der Waals surface area contributed by atoms with Crippen molar-refractivity contribution in [2.45, 2.75) is 43.8 Å². The van der Waals surface area contributed by atoms with Gasteiger partial charge in [-0.25, -0.2) is 9.36 Å². The number of aromatic nitrogens is 8. The van der Waals surface area contributed by atoms with Gasteiger partial charge in [0.05, 0.1) is 17.7 Å². The lowest BCUT2D eigenvalue weighted by Gasteiger charge is -2.09. The summed E-state index contributed by atoms with van der Waals surface area (Å²) in [5.74, 6) is 1.50. The molecule has 0 aliphatic carbocycles. The van der Waals surface area contributed by atoms with E-state index in [4.69, 9.17) is 4.42 Å². The summed E-state index contributed by atoms with van der Waals surface area (Å²) in [4.78, 5) is 13.1. The summed E-state index contributed by atoms with van der Waals surface area (Å²) >= 11 is 1.36. The first kappa shape index (κ1) is 22.0. The highest BCUT2D eigenvalue weighted by molar-refractivity contribution is 7.98. The van der Waals surface area contributed by atoms with Crippen LogP contribution in [0, 0.1) is 0 Å². The number of unbranched alkanes of at least 4 members (excludes halogenated alkanes) is 1. The molecule has 0 aliphatic rings. The van der Waals surface area contributed by atoms with Crippen molar-refractivity contribution in [2.24, 2.45) is 0 Å². The zero-order valence-corrected chi connectivity index (χ0v) is 19.4. The second-order valence-electron chi connectivity index (χ2n) is 7.68. The van der Waals surface area contributed by atoms with Crippen LogP contribution in [0.4, 0.5) is 0 Å². The van der Waals surface area contributed by atoms with Crippen LogP contribution in [0.15, 0.2) is 69.0 Å². The van der Waals surface area contributed by atoms with E-state index in [1.807, 2.05) is 48.5 Å². The topological polar surface area (TPSA) is 117 Å². The molecule has 3 heterocycles. The summed E-state index contributed by atoms with van der Waals surface area (Å²) in [5.41, 5.74) is 1.27. The summed E-state index contributed by atoms with van der Waals surface area (Å²) in [7, 11) is 0.